The van der Waals surface area contributed by atoms with E-state index < -0.39 is 5.41 Å². The Bertz CT molecular complexity index is 434. The monoisotopic (exact) mass is 248 g/mol. The van der Waals surface area contributed by atoms with Gasteiger partial charge in [0.15, 0.2) is 0 Å². The van der Waals surface area contributed by atoms with Gasteiger partial charge in [-0.3, -0.25) is 4.79 Å². The molecule has 1 aliphatic rings. The van der Waals surface area contributed by atoms with Crippen molar-refractivity contribution in [2.45, 2.75) is 44.2 Å². The van der Waals surface area contributed by atoms with Gasteiger partial charge in [-0.15, -0.1) is 0 Å². The Morgan fingerprint density at radius 2 is 1.89 bits per heavy atom. The Kier molecular flexibility index (Phi) is 3.30. The first-order chi connectivity index (χ1) is 8.39. The van der Waals surface area contributed by atoms with Gasteiger partial charge in [-0.1, -0.05) is 12.1 Å². The van der Waals surface area contributed by atoms with Crippen LogP contribution in [0.25, 0.3) is 0 Å². The van der Waals surface area contributed by atoms with Gasteiger partial charge in [0.05, 0.1) is 11.5 Å². The molecule has 0 atom stereocenters. The highest BCUT2D eigenvalue weighted by molar-refractivity contribution is 5.87. The topological polar surface area (TPSA) is 75.3 Å². The van der Waals surface area contributed by atoms with Gasteiger partial charge in [0.1, 0.15) is 0 Å². The average Bonchev–Trinajstić information content (AvgIpc) is 2.27. The van der Waals surface area contributed by atoms with Crippen LogP contribution in [-0.2, 0) is 10.2 Å². The highest BCUT2D eigenvalue weighted by Crippen LogP contribution is 2.26. The summed E-state index contributed by atoms with van der Waals surface area (Å²) in [6.45, 7) is 3.78. The van der Waals surface area contributed by atoms with E-state index in [1.54, 1.807) is 12.1 Å². The molecule has 0 aromatic heterocycles. The van der Waals surface area contributed by atoms with E-state index in [-0.39, 0.29) is 18.1 Å². The van der Waals surface area contributed by atoms with E-state index in [0.29, 0.717) is 18.5 Å². The van der Waals surface area contributed by atoms with Gasteiger partial charge in [-0.05, 0) is 44.4 Å². The Morgan fingerprint density at radius 3 is 2.39 bits per heavy atom. The van der Waals surface area contributed by atoms with Crippen LogP contribution in [0.3, 0.4) is 0 Å². The smallest absolute Gasteiger partial charge is 0.230 e. The lowest BCUT2D eigenvalue weighted by atomic mass is 9.82. The fourth-order valence-corrected chi connectivity index (χ4v) is 2.10. The number of nitrogens with two attached hydrogens (primary N) is 1. The number of nitrogen functional groups attached to an aromatic ring is 1. The predicted molar refractivity (Wildman–Crippen MR) is 71.1 cm³/mol. The van der Waals surface area contributed by atoms with E-state index in [1.165, 1.54) is 0 Å². The van der Waals surface area contributed by atoms with Crippen LogP contribution in [0.15, 0.2) is 24.3 Å². The van der Waals surface area contributed by atoms with Gasteiger partial charge in [-0.25, -0.2) is 0 Å². The molecular weight excluding hydrogens is 228 g/mol. The summed E-state index contributed by atoms with van der Waals surface area (Å²) in [5.41, 5.74) is 6.69. The van der Waals surface area contributed by atoms with Crippen LogP contribution in [0, 0.1) is 0 Å². The third kappa shape index (κ3) is 2.48. The third-order valence-electron chi connectivity index (χ3n) is 3.65. The second-order valence-electron chi connectivity index (χ2n) is 5.54. The van der Waals surface area contributed by atoms with E-state index in [2.05, 4.69) is 5.32 Å². The molecule has 0 spiro atoms. The summed E-state index contributed by atoms with van der Waals surface area (Å²) in [6.07, 6.45) is 1.06. The summed E-state index contributed by atoms with van der Waals surface area (Å²) in [7, 11) is 0. The lowest BCUT2D eigenvalue weighted by molar-refractivity contribution is -0.127. The fraction of sp³-hybridized carbons (Fsp3) is 0.500. The number of aliphatic hydroxyl groups is 1. The first-order valence-corrected chi connectivity index (χ1v) is 6.24. The van der Waals surface area contributed by atoms with Crippen LogP contribution in [0.2, 0.25) is 0 Å². The summed E-state index contributed by atoms with van der Waals surface area (Å²) in [5.74, 6) is -0.0100. The molecule has 1 fully saturated rings. The number of carbonyl (C=O) groups excluding carboxylic acids is 1. The number of nitrogens with one attached hydrogen (secondary N) is 1. The van der Waals surface area contributed by atoms with E-state index in [1.807, 2.05) is 26.0 Å². The molecule has 0 unspecified atom stereocenters. The standard InChI is InChI=1S/C14H20N2O2/c1-14(2,9-3-5-10(15)6-4-9)13(18)16-11-7-12(17)8-11/h3-6,11-12,17H,7-8,15H2,1-2H3,(H,16,18). The quantitative estimate of drug-likeness (QED) is 0.703. The second kappa shape index (κ2) is 4.61. The van der Waals surface area contributed by atoms with Crippen LogP contribution < -0.4 is 11.1 Å². The number of benzene rings is 1. The van der Waals surface area contributed by atoms with Gasteiger partial charge in [-0.2, -0.15) is 0 Å². The van der Waals surface area contributed by atoms with Crippen molar-refractivity contribution >= 4 is 11.6 Å². The molecule has 0 saturated heterocycles. The lowest BCUT2D eigenvalue weighted by Gasteiger charge is -2.35. The zero-order valence-electron chi connectivity index (χ0n) is 10.8. The van der Waals surface area contributed by atoms with Crippen molar-refractivity contribution in [1.29, 1.82) is 0 Å². The number of rotatable bonds is 3. The van der Waals surface area contributed by atoms with Crippen LogP contribution in [0.5, 0.6) is 0 Å². The molecule has 98 valence electrons. The number of anilines is 1. The molecule has 4 heteroatoms. The summed E-state index contributed by atoms with van der Waals surface area (Å²) in [4.78, 5) is 12.2. The summed E-state index contributed by atoms with van der Waals surface area (Å²) >= 11 is 0. The van der Waals surface area contributed by atoms with E-state index >= 15 is 0 Å². The maximum Gasteiger partial charge on any atom is 0.230 e. The Labute approximate surface area is 107 Å². The molecule has 0 radical (unpaired) electrons. The molecule has 1 amide bonds. The van der Waals surface area contributed by atoms with Gasteiger partial charge in [0.25, 0.3) is 0 Å². The number of hydrogen-bond donors (Lipinski definition) is 3. The zero-order valence-corrected chi connectivity index (χ0v) is 10.8. The van der Waals surface area contributed by atoms with Crippen molar-refractivity contribution in [3.8, 4) is 0 Å². The van der Waals surface area contributed by atoms with Crippen LogP contribution in [-0.4, -0.2) is 23.2 Å². The minimum Gasteiger partial charge on any atom is -0.399 e. The van der Waals surface area contributed by atoms with E-state index in [4.69, 9.17) is 5.73 Å². The summed E-state index contributed by atoms with van der Waals surface area (Å²) < 4.78 is 0. The van der Waals surface area contributed by atoms with Crippen molar-refractivity contribution in [1.82, 2.24) is 5.32 Å². The van der Waals surface area contributed by atoms with Crippen LogP contribution in [0.4, 0.5) is 5.69 Å². The van der Waals surface area contributed by atoms with Crippen molar-refractivity contribution in [3.63, 3.8) is 0 Å². The second-order valence-corrected chi connectivity index (χ2v) is 5.54. The molecule has 1 aromatic rings. The number of carbonyl (C=O) groups is 1. The SMILES string of the molecule is CC(C)(C(=O)NC1CC(O)C1)c1ccc(N)cc1. The van der Waals surface area contributed by atoms with Crippen LogP contribution >= 0.6 is 0 Å². The normalized spacial score (nSPS) is 23.3. The number of amides is 1. The Balaban J connectivity index is 2.05. The average molecular weight is 248 g/mol. The van der Waals surface area contributed by atoms with Crippen LogP contribution in [0.1, 0.15) is 32.3 Å². The first-order valence-electron chi connectivity index (χ1n) is 6.24. The molecule has 1 aromatic carbocycles. The van der Waals surface area contributed by atoms with E-state index in [9.17, 15) is 9.90 Å². The molecule has 4 N–H and O–H groups in total. The molecule has 0 bridgehead atoms. The zero-order chi connectivity index (χ0) is 13.3. The Morgan fingerprint density at radius 1 is 1.33 bits per heavy atom. The molecule has 18 heavy (non-hydrogen) atoms. The third-order valence-corrected chi connectivity index (χ3v) is 3.65. The minimum absolute atomic E-state index is 0.0100. The first kappa shape index (κ1) is 12.9. The van der Waals surface area contributed by atoms with Gasteiger partial charge in [0, 0.05) is 11.7 Å². The highest BCUT2D eigenvalue weighted by Gasteiger charge is 2.35. The fourth-order valence-electron chi connectivity index (χ4n) is 2.10. The number of aliphatic hydroxyl groups excluding tert-OH is 1. The van der Waals surface area contributed by atoms with Gasteiger partial charge >= 0.3 is 0 Å². The number of hydrogen-bond acceptors (Lipinski definition) is 3. The molecule has 0 aliphatic heterocycles. The summed E-state index contributed by atoms with van der Waals surface area (Å²) in [6, 6.07) is 7.48. The molecule has 1 aliphatic carbocycles. The summed E-state index contributed by atoms with van der Waals surface area (Å²) in [5, 5.41) is 12.2. The van der Waals surface area contributed by atoms with Crippen molar-refractivity contribution in [2.75, 3.05) is 5.73 Å². The van der Waals surface area contributed by atoms with Crippen molar-refractivity contribution < 1.29 is 9.90 Å². The highest BCUT2D eigenvalue weighted by atomic mass is 16.3. The Hall–Kier alpha value is -1.55. The van der Waals surface area contributed by atoms with Gasteiger partial charge in [0.2, 0.25) is 5.91 Å². The van der Waals surface area contributed by atoms with E-state index in [0.717, 1.165) is 5.56 Å². The molecular formula is C14H20N2O2. The molecule has 4 nitrogen and oxygen atoms in total. The maximum absolute atomic E-state index is 12.2. The van der Waals surface area contributed by atoms with Crippen molar-refractivity contribution in [3.05, 3.63) is 29.8 Å². The molecule has 1 saturated carbocycles. The minimum atomic E-state index is -0.589. The largest absolute Gasteiger partial charge is 0.399 e. The van der Waals surface area contributed by atoms with Gasteiger partial charge < -0.3 is 16.2 Å². The molecule has 0 heterocycles. The predicted octanol–water partition coefficient (Wildman–Crippen LogP) is 1.19. The van der Waals surface area contributed by atoms with Crippen molar-refractivity contribution in [2.24, 2.45) is 0 Å². The molecule has 2 rings (SSSR count). The lowest BCUT2D eigenvalue weighted by Crippen LogP contribution is -2.51. The maximum atomic E-state index is 12.2.